The topological polar surface area (TPSA) is 72.7 Å². The standard InChI is InChI=1S/C8H13N5O/c1-13-11-8(10-12-13)4-6-5-9-3-2-7(6)14/h6,9H,2-5H2,1H3. The van der Waals surface area contributed by atoms with Crippen LogP contribution in [0.2, 0.25) is 0 Å². The van der Waals surface area contributed by atoms with Gasteiger partial charge in [0.15, 0.2) is 5.82 Å². The van der Waals surface area contributed by atoms with Crippen LogP contribution in [-0.4, -0.2) is 39.1 Å². The van der Waals surface area contributed by atoms with Crippen molar-refractivity contribution in [1.29, 1.82) is 0 Å². The average Bonchev–Trinajstić information content (AvgIpc) is 2.56. The molecule has 1 atom stereocenters. The monoisotopic (exact) mass is 195 g/mol. The fourth-order valence-electron chi connectivity index (χ4n) is 1.62. The Hall–Kier alpha value is -1.30. The number of carbonyl (C=O) groups excluding carboxylic acids is 1. The second-order valence-corrected chi connectivity index (χ2v) is 3.52. The molecule has 1 aliphatic heterocycles. The molecule has 0 aromatic carbocycles. The molecule has 1 aromatic heterocycles. The molecule has 6 nitrogen and oxygen atoms in total. The minimum atomic E-state index is 0.0212. The first kappa shape index (κ1) is 9.26. The Morgan fingerprint density at radius 3 is 3.14 bits per heavy atom. The molecule has 1 N–H and O–H groups in total. The van der Waals surface area contributed by atoms with Crippen molar-refractivity contribution in [2.75, 3.05) is 13.1 Å². The molecule has 1 aromatic rings. The molecule has 0 radical (unpaired) electrons. The van der Waals surface area contributed by atoms with Crippen LogP contribution in [-0.2, 0) is 18.3 Å². The number of nitrogens with one attached hydrogen (secondary N) is 1. The Balaban J connectivity index is 1.99. The summed E-state index contributed by atoms with van der Waals surface area (Å²) in [4.78, 5) is 12.9. The highest BCUT2D eigenvalue weighted by Gasteiger charge is 2.23. The number of carbonyl (C=O) groups is 1. The zero-order valence-corrected chi connectivity index (χ0v) is 8.10. The van der Waals surface area contributed by atoms with Crippen molar-refractivity contribution in [3.63, 3.8) is 0 Å². The van der Waals surface area contributed by atoms with Gasteiger partial charge in [-0.05, 0) is 5.21 Å². The molecule has 0 saturated carbocycles. The number of tetrazole rings is 1. The Morgan fingerprint density at radius 1 is 1.64 bits per heavy atom. The van der Waals surface area contributed by atoms with E-state index in [4.69, 9.17) is 0 Å². The Bertz CT molecular complexity index is 334. The van der Waals surface area contributed by atoms with Gasteiger partial charge in [-0.1, -0.05) is 0 Å². The highest BCUT2D eigenvalue weighted by Crippen LogP contribution is 2.09. The summed E-state index contributed by atoms with van der Waals surface area (Å²) in [7, 11) is 1.72. The predicted molar refractivity (Wildman–Crippen MR) is 48.5 cm³/mol. The van der Waals surface area contributed by atoms with Crippen molar-refractivity contribution in [2.45, 2.75) is 12.8 Å². The number of ketones is 1. The van der Waals surface area contributed by atoms with Gasteiger partial charge in [-0.25, -0.2) is 0 Å². The van der Waals surface area contributed by atoms with Gasteiger partial charge in [0, 0.05) is 31.8 Å². The second kappa shape index (κ2) is 3.83. The number of Topliss-reactive ketones (excluding diaryl/α,β-unsaturated/α-hetero) is 1. The number of aryl methyl sites for hydroxylation is 1. The summed E-state index contributed by atoms with van der Waals surface area (Å²) in [5.74, 6) is 0.971. The number of nitrogens with zero attached hydrogens (tertiary/aromatic N) is 4. The van der Waals surface area contributed by atoms with Crippen molar-refractivity contribution in [1.82, 2.24) is 25.5 Å². The Kier molecular flexibility index (Phi) is 2.53. The van der Waals surface area contributed by atoms with Gasteiger partial charge in [-0.15, -0.1) is 10.2 Å². The predicted octanol–water partition coefficient (Wildman–Crippen LogP) is -1.07. The van der Waals surface area contributed by atoms with Gasteiger partial charge < -0.3 is 5.32 Å². The molecule has 2 rings (SSSR count). The van der Waals surface area contributed by atoms with Crippen LogP contribution in [0, 0.1) is 5.92 Å². The van der Waals surface area contributed by atoms with Gasteiger partial charge in [0.25, 0.3) is 0 Å². The van der Waals surface area contributed by atoms with E-state index in [-0.39, 0.29) is 5.92 Å². The first-order valence-electron chi connectivity index (χ1n) is 4.72. The minimum absolute atomic E-state index is 0.0212. The van der Waals surface area contributed by atoms with E-state index in [1.165, 1.54) is 4.80 Å². The van der Waals surface area contributed by atoms with Gasteiger partial charge >= 0.3 is 0 Å². The smallest absolute Gasteiger partial charge is 0.175 e. The Labute approximate surface area is 81.7 Å². The SMILES string of the molecule is Cn1nnc(CC2CNCCC2=O)n1. The van der Waals surface area contributed by atoms with E-state index in [0.717, 1.165) is 13.1 Å². The molecule has 1 aliphatic rings. The number of piperidine rings is 1. The van der Waals surface area contributed by atoms with Crippen LogP contribution in [0.25, 0.3) is 0 Å². The van der Waals surface area contributed by atoms with E-state index >= 15 is 0 Å². The fourth-order valence-corrected chi connectivity index (χ4v) is 1.62. The van der Waals surface area contributed by atoms with E-state index < -0.39 is 0 Å². The van der Waals surface area contributed by atoms with Crippen molar-refractivity contribution in [3.8, 4) is 0 Å². The summed E-state index contributed by atoms with van der Waals surface area (Å²) < 4.78 is 0. The molecule has 2 heterocycles. The summed E-state index contributed by atoms with van der Waals surface area (Å²) in [6, 6.07) is 0. The number of aromatic nitrogens is 4. The molecule has 6 heteroatoms. The van der Waals surface area contributed by atoms with Crippen molar-refractivity contribution >= 4 is 5.78 Å². The third-order valence-corrected chi connectivity index (χ3v) is 2.37. The van der Waals surface area contributed by atoms with Crippen molar-refractivity contribution in [3.05, 3.63) is 5.82 Å². The van der Waals surface area contributed by atoms with E-state index in [1.807, 2.05) is 0 Å². The van der Waals surface area contributed by atoms with E-state index in [2.05, 4.69) is 20.7 Å². The molecular formula is C8H13N5O. The normalized spacial score (nSPS) is 22.6. The summed E-state index contributed by atoms with van der Waals surface area (Å²) in [6.07, 6.45) is 1.21. The summed E-state index contributed by atoms with van der Waals surface area (Å²) in [6.45, 7) is 1.53. The van der Waals surface area contributed by atoms with Gasteiger partial charge in [0.2, 0.25) is 0 Å². The van der Waals surface area contributed by atoms with Crippen molar-refractivity contribution in [2.24, 2.45) is 13.0 Å². The lowest BCUT2D eigenvalue weighted by molar-refractivity contribution is -0.123. The van der Waals surface area contributed by atoms with Crippen LogP contribution in [0.15, 0.2) is 0 Å². The minimum Gasteiger partial charge on any atom is -0.316 e. The van der Waals surface area contributed by atoms with Gasteiger partial charge in [-0.3, -0.25) is 4.79 Å². The maximum Gasteiger partial charge on any atom is 0.175 e. The zero-order valence-electron chi connectivity index (χ0n) is 8.10. The number of hydrogen-bond acceptors (Lipinski definition) is 5. The summed E-state index contributed by atoms with van der Waals surface area (Å²) in [5, 5.41) is 14.8. The van der Waals surface area contributed by atoms with E-state index in [0.29, 0.717) is 24.4 Å². The molecule has 0 spiro atoms. The fraction of sp³-hybridized carbons (Fsp3) is 0.750. The van der Waals surface area contributed by atoms with Gasteiger partial charge in [0.1, 0.15) is 5.78 Å². The van der Waals surface area contributed by atoms with Crippen LogP contribution in [0.1, 0.15) is 12.2 Å². The van der Waals surface area contributed by atoms with Crippen LogP contribution < -0.4 is 5.32 Å². The third kappa shape index (κ3) is 1.95. The average molecular weight is 195 g/mol. The summed E-state index contributed by atoms with van der Waals surface area (Å²) >= 11 is 0. The van der Waals surface area contributed by atoms with Crippen LogP contribution in [0.5, 0.6) is 0 Å². The largest absolute Gasteiger partial charge is 0.316 e. The van der Waals surface area contributed by atoms with E-state index in [9.17, 15) is 4.79 Å². The summed E-state index contributed by atoms with van der Waals surface area (Å²) in [5.41, 5.74) is 0. The van der Waals surface area contributed by atoms with Gasteiger partial charge in [-0.2, -0.15) is 4.80 Å². The molecule has 1 unspecified atom stereocenters. The van der Waals surface area contributed by atoms with Crippen LogP contribution in [0.3, 0.4) is 0 Å². The molecule has 0 amide bonds. The number of rotatable bonds is 2. The molecular weight excluding hydrogens is 182 g/mol. The molecule has 0 bridgehead atoms. The zero-order chi connectivity index (χ0) is 9.97. The van der Waals surface area contributed by atoms with Crippen LogP contribution in [0.4, 0.5) is 0 Å². The maximum atomic E-state index is 11.5. The lowest BCUT2D eigenvalue weighted by Gasteiger charge is -2.19. The maximum absolute atomic E-state index is 11.5. The molecule has 1 fully saturated rings. The highest BCUT2D eigenvalue weighted by atomic mass is 16.1. The first-order chi connectivity index (χ1) is 6.75. The third-order valence-electron chi connectivity index (χ3n) is 2.37. The second-order valence-electron chi connectivity index (χ2n) is 3.52. The molecule has 76 valence electrons. The van der Waals surface area contributed by atoms with E-state index in [1.54, 1.807) is 7.05 Å². The van der Waals surface area contributed by atoms with Crippen LogP contribution >= 0.6 is 0 Å². The molecule has 14 heavy (non-hydrogen) atoms. The number of hydrogen-bond donors (Lipinski definition) is 1. The quantitative estimate of drug-likeness (QED) is 0.650. The molecule has 1 saturated heterocycles. The van der Waals surface area contributed by atoms with Crippen molar-refractivity contribution < 1.29 is 4.79 Å². The Morgan fingerprint density at radius 2 is 2.50 bits per heavy atom. The van der Waals surface area contributed by atoms with Gasteiger partial charge in [0.05, 0.1) is 7.05 Å². The lowest BCUT2D eigenvalue weighted by Crippen LogP contribution is -2.38. The lowest BCUT2D eigenvalue weighted by atomic mass is 9.94. The molecule has 0 aliphatic carbocycles. The highest BCUT2D eigenvalue weighted by molar-refractivity contribution is 5.82. The first-order valence-corrected chi connectivity index (χ1v) is 4.72.